The van der Waals surface area contributed by atoms with E-state index in [0.717, 1.165) is 11.3 Å². The molecule has 0 saturated carbocycles. The van der Waals surface area contributed by atoms with Crippen LogP contribution in [-0.4, -0.2) is 17.3 Å². The summed E-state index contributed by atoms with van der Waals surface area (Å²) in [5.74, 6) is 0.227. The Balaban J connectivity index is 1.86. The van der Waals surface area contributed by atoms with E-state index < -0.39 is 5.82 Å². The fourth-order valence-electron chi connectivity index (χ4n) is 1.86. The zero-order chi connectivity index (χ0) is 15.5. The van der Waals surface area contributed by atoms with Gasteiger partial charge in [-0.15, -0.1) is 10.2 Å². The lowest BCUT2D eigenvalue weighted by atomic mass is 10.2. The molecule has 112 valence electrons. The van der Waals surface area contributed by atoms with Crippen LogP contribution < -0.4 is 10.1 Å². The molecule has 0 aliphatic rings. The van der Waals surface area contributed by atoms with Crippen LogP contribution in [0.3, 0.4) is 0 Å². The molecule has 1 aromatic heterocycles. The molecule has 2 aromatic carbocycles. The van der Waals surface area contributed by atoms with Crippen LogP contribution in [-0.2, 0) is 0 Å². The highest BCUT2D eigenvalue weighted by molar-refractivity contribution is 7.18. The Hall–Kier alpha value is -2.18. The summed E-state index contributed by atoms with van der Waals surface area (Å²) in [5.41, 5.74) is 1.15. The van der Waals surface area contributed by atoms with Crippen molar-refractivity contribution in [1.82, 2.24) is 10.2 Å². The van der Waals surface area contributed by atoms with Crippen LogP contribution in [0.4, 0.5) is 15.2 Å². The third-order valence-corrected chi connectivity index (χ3v) is 4.11. The molecule has 1 heterocycles. The van der Waals surface area contributed by atoms with Crippen LogP contribution in [0, 0.1) is 5.82 Å². The number of hydrogen-bond donors (Lipinski definition) is 1. The number of methoxy groups -OCH3 is 1. The summed E-state index contributed by atoms with van der Waals surface area (Å²) in [5, 5.41) is 12.3. The Bertz CT molecular complexity index is 809. The standard InChI is InChI=1S/C15H11ClFN3OS/c1-21-10-5-2-4-9(8-10)14-19-20-15(22-14)18-12-7-3-6-11(16)13(12)17/h2-8H,1H3,(H,18,20). The van der Waals surface area contributed by atoms with E-state index in [1.165, 1.54) is 17.4 Å². The molecule has 0 spiro atoms. The highest BCUT2D eigenvalue weighted by atomic mass is 35.5. The number of ether oxygens (including phenoxy) is 1. The van der Waals surface area contributed by atoms with Crippen LogP contribution in [0.5, 0.6) is 5.75 Å². The first-order chi connectivity index (χ1) is 10.7. The third-order valence-electron chi connectivity index (χ3n) is 2.93. The van der Waals surface area contributed by atoms with Gasteiger partial charge in [0.15, 0.2) is 5.82 Å². The van der Waals surface area contributed by atoms with Gasteiger partial charge in [0, 0.05) is 5.56 Å². The Kier molecular flexibility index (Phi) is 4.22. The van der Waals surface area contributed by atoms with Crippen LogP contribution in [0.2, 0.25) is 5.02 Å². The topological polar surface area (TPSA) is 47.0 Å². The van der Waals surface area contributed by atoms with Gasteiger partial charge in [0.25, 0.3) is 0 Å². The molecule has 3 rings (SSSR count). The number of aromatic nitrogens is 2. The van der Waals surface area contributed by atoms with Crippen molar-refractivity contribution in [2.45, 2.75) is 0 Å². The molecule has 0 saturated heterocycles. The lowest BCUT2D eigenvalue weighted by Gasteiger charge is -2.04. The first kappa shape index (κ1) is 14.7. The summed E-state index contributed by atoms with van der Waals surface area (Å²) < 4.78 is 19.0. The fourth-order valence-corrected chi connectivity index (χ4v) is 2.79. The summed E-state index contributed by atoms with van der Waals surface area (Å²) >= 11 is 7.07. The molecule has 0 bridgehead atoms. The van der Waals surface area contributed by atoms with E-state index in [4.69, 9.17) is 16.3 Å². The van der Waals surface area contributed by atoms with E-state index in [1.807, 2.05) is 24.3 Å². The summed E-state index contributed by atoms with van der Waals surface area (Å²) in [4.78, 5) is 0. The number of halogens is 2. The molecule has 0 amide bonds. The normalized spacial score (nSPS) is 10.5. The molecule has 4 nitrogen and oxygen atoms in total. The smallest absolute Gasteiger partial charge is 0.210 e. The lowest BCUT2D eigenvalue weighted by molar-refractivity contribution is 0.415. The zero-order valence-corrected chi connectivity index (χ0v) is 13.1. The maximum atomic E-state index is 13.9. The second kappa shape index (κ2) is 6.29. The molecular weight excluding hydrogens is 325 g/mol. The van der Waals surface area contributed by atoms with E-state index in [1.54, 1.807) is 19.2 Å². The van der Waals surface area contributed by atoms with E-state index in [-0.39, 0.29) is 10.7 Å². The summed E-state index contributed by atoms with van der Waals surface area (Å²) in [6, 6.07) is 12.2. The Morgan fingerprint density at radius 2 is 2.00 bits per heavy atom. The second-order valence-corrected chi connectivity index (χ2v) is 5.76. The summed E-state index contributed by atoms with van der Waals surface area (Å²) in [6.45, 7) is 0. The molecule has 0 aliphatic heterocycles. The van der Waals surface area contributed by atoms with Gasteiger partial charge in [-0.25, -0.2) is 4.39 Å². The highest BCUT2D eigenvalue weighted by Gasteiger charge is 2.11. The molecule has 0 radical (unpaired) electrons. The Morgan fingerprint density at radius 1 is 1.18 bits per heavy atom. The van der Waals surface area contributed by atoms with Gasteiger partial charge in [0.05, 0.1) is 17.8 Å². The number of hydrogen-bond acceptors (Lipinski definition) is 5. The Morgan fingerprint density at radius 3 is 2.82 bits per heavy atom. The molecule has 0 fully saturated rings. The number of anilines is 2. The van der Waals surface area contributed by atoms with Crippen molar-refractivity contribution in [2.24, 2.45) is 0 Å². The maximum absolute atomic E-state index is 13.9. The van der Waals surface area contributed by atoms with Crippen molar-refractivity contribution in [2.75, 3.05) is 12.4 Å². The van der Waals surface area contributed by atoms with Gasteiger partial charge in [-0.3, -0.25) is 0 Å². The minimum absolute atomic E-state index is 0.0579. The molecule has 3 aromatic rings. The van der Waals surface area contributed by atoms with Crippen molar-refractivity contribution in [3.8, 4) is 16.3 Å². The number of nitrogens with zero attached hydrogens (tertiary/aromatic N) is 2. The number of nitrogens with one attached hydrogen (secondary N) is 1. The van der Waals surface area contributed by atoms with Crippen LogP contribution in [0.1, 0.15) is 0 Å². The highest BCUT2D eigenvalue weighted by Crippen LogP contribution is 2.31. The monoisotopic (exact) mass is 335 g/mol. The van der Waals surface area contributed by atoms with Crippen LogP contribution in [0.15, 0.2) is 42.5 Å². The van der Waals surface area contributed by atoms with Gasteiger partial charge in [-0.2, -0.15) is 0 Å². The molecule has 0 unspecified atom stereocenters. The van der Waals surface area contributed by atoms with Crippen LogP contribution in [0.25, 0.3) is 10.6 Å². The average Bonchev–Trinajstić information content (AvgIpc) is 3.00. The van der Waals surface area contributed by atoms with E-state index in [2.05, 4.69) is 15.5 Å². The number of benzene rings is 2. The fraction of sp³-hybridized carbons (Fsp3) is 0.0667. The maximum Gasteiger partial charge on any atom is 0.210 e. The molecule has 7 heteroatoms. The summed E-state index contributed by atoms with van der Waals surface area (Å²) in [6.07, 6.45) is 0. The van der Waals surface area contributed by atoms with Gasteiger partial charge in [-0.05, 0) is 24.3 Å². The summed E-state index contributed by atoms with van der Waals surface area (Å²) in [7, 11) is 1.61. The molecule has 22 heavy (non-hydrogen) atoms. The first-order valence-corrected chi connectivity index (χ1v) is 7.56. The van der Waals surface area contributed by atoms with Crippen molar-refractivity contribution < 1.29 is 9.13 Å². The SMILES string of the molecule is COc1cccc(-c2nnc(Nc3cccc(Cl)c3F)s2)c1. The van der Waals surface area contributed by atoms with Gasteiger partial charge in [0.1, 0.15) is 10.8 Å². The quantitative estimate of drug-likeness (QED) is 0.747. The first-order valence-electron chi connectivity index (χ1n) is 6.36. The predicted molar refractivity (Wildman–Crippen MR) is 86.6 cm³/mol. The minimum Gasteiger partial charge on any atom is -0.497 e. The van der Waals surface area contributed by atoms with Crippen molar-refractivity contribution in [3.05, 3.63) is 53.3 Å². The molecule has 0 atom stereocenters. The number of rotatable bonds is 4. The minimum atomic E-state index is -0.512. The van der Waals surface area contributed by atoms with Gasteiger partial charge >= 0.3 is 0 Å². The van der Waals surface area contributed by atoms with Crippen molar-refractivity contribution in [3.63, 3.8) is 0 Å². The van der Waals surface area contributed by atoms with Gasteiger partial charge in [0.2, 0.25) is 5.13 Å². The van der Waals surface area contributed by atoms with Crippen LogP contribution >= 0.6 is 22.9 Å². The lowest BCUT2D eigenvalue weighted by Crippen LogP contribution is -1.93. The predicted octanol–water partition coefficient (Wildman–Crippen LogP) is 4.75. The van der Waals surface area contributed by atoms with Gasteiger partial charge < -0.3 is 10.1 Å². The zero-order valence-electron chi connectivity index (χ0n) is 11.5. The largest absolute Gasteiger partial charge is 0.497 e. The van der Waals surface area contributed by atoms with E-state index in [9.17, 15) is 4.39 Å². The van der Waals surface area contributed by atoms with E-state index >= 15 is 0 Å². The third kappa shape index (κ3) is 3.03. The molecule has 0 aliphatic carbocycles. The van der Waals surface area contributed by atoms with Crippen molar-refractivity contribution in [1.29, 1.82) is 0 Å². The average molecular weight is 336 g/mol. The van der Waals surface area contributed by atoms with E-state index in [0.29, 0.717) is 10.1 Å². The Labute approximate surface area is 135 Å². The van der Waals surface area contributed by atoms with Gasteiger partial charge in [-0.1, -0.05) is 41.1 Å². The molecular formula is C15H11ClFN3OS. The van der Waals surface area contributed by atoms with Crippen molar-refractivity contribution >= 4 is 33.8 Å². The molecule has 1 N–H and O–H groups in total. The second-order valence-electron chi connectivity index (χ2n) is 4.37.